The van der Waals surface area contributed by atoms with Crippen LogP contribution in [0, 0.1) is 6.92 Å². The third kappa shape index (κ3) is 8.70. The molecule has 10 nitrogen and oxygen atoms in total. The Kier molecular flexibility index (Phi) is 13.4. The number of nitrogens with one attached hydrogen (secondary N) is 1. The molecule has 0 bridgehead atoms. The molecule has 4 atom stereocenters. The van der Waals surface area contributed by atoms with E-state index in [1.165, 1.54) is 4.57 Å². The van der Waals surface area contributed by atoms with Gasteiger partial charge in [-0.3, -0.25) is 19.2 Å². The summed E-state index contributed by atoms with van der Waals surface area (Å²) >= 11 is 0. The summed E-state index contributed by atoms with van der Waals surface area (Å²) in [4.78, 5) is 34.7. The molecule has 1 aromatic heterocycles. The normalized spacial score (nSPS) is 19.1. The molecular weight excluding hydrogens is 763 g/mol. The Morgan fingerprint density at radius 3 is 1.55 bits per heavy atom. The lowest BCUT2D eigenvalue weighted by Crippen LogP contribution is -2.70. The molecule has 1 fully saturated rings. The summed E-state index contributed by atoms with van der Waals surface area (Å²) in [6.07, 6.45) is -1.70. The number of H-pyrrole nitrogens is 1. The number of aryl methyl sites for hydroxylation is 1. The smallest absolute Gasteiger partial charge is 0.330 e. The monoisotopic (exact) mass is 821 g/mol. The maximum atomic E-state index is 13.7. The minimum Gasteiger partial charge on any atom is -0.405 e. The van der Waals surface area contributed by atoms with Gasteiger partial charge >= 0.3 is 5.69 Å². The maximum Gasteiger partial charge on any atom is 0.330 e. The van der Waals surface area contributed by atoms with E-state index in [0.717, 1.165) is 20.7 Å². The SMILES string of the molecule is Cc1cn([C@@H]2O[C@H](CO[Si](c3ccccc3)(c3ccccc3)C(C)(C)C)[C@@H](O[Si](c3ccccc3)(c3ccccc3)C(C)(C)C)[C@H]2OCCON(C)C)c(=O)[nH]c1=O. The first kappa shape index (κ1) is 43.3. The fourth-order valence-electron chi connectivity index (χ4n) is 8.43. The average molecular weight is 822 g/mol. The van der Waals surface area contributed by atoms with Gasteiger partial charge in [-0.1, -0.05) is 163 Å². The highest BCUT2D eigenvalue weighted by molar-refractivity contribution is 7.00. The van der Waals surface area contributed by atoms with Crippen molar-refractivity contribution < 1.29 is 23.2 Å². The van der Waals surface area contributed by atoms with Crippen molar-refractivity contribution in [2.45, 2.75) is 83.1 Å². The second-order valence-electron chi connectivity index (χ2n) is 17.2. The Morgan fingerprint density at radius 1 is 0.672 bits per heavy atom. The molecule has 0 spiro atoms. The molecule has 1 aliphatic rings. The van der Waals surface area contributed by atoms with Gasteiger partial charge in [0, 0.05) is 25.9 Å². The first-order valence-electron chi connectivity index (χ1n) is 20.0. The molecule has 0 saturated carbocycles. The van der Waals surface area contributed by atoms with Crippen molar-refractivity contribution in [1.29, 1.82) is 0 Å². The standard InChI is InChI=1S/C46H59N3O7Si2/c1-34-32-49(44(51)47-42(34)50)43-41(52-30-31-53-48(8)9)40(56-58(46(5,6)7,37-26-18-12-19-27-37)38-28-20-13-21-29-38)39(55-43)33-54-57(45(2,3)4,35-22-14-10-15-23-35)36-24-16-11-17-25-36/h10-29,32,39-41,43H,30-31,33H2,1-9H3,(H,47,50,51)/t39-,40-,41-,43-/m1/s1. The highest BCUT2D eigenvalue weighted by Gasteiger charge is 2.58. The highest BCUT2D eigenvalue weighted by atomic mass is 28.4. The zero-order chi connectivity index (χ0) is 41.7. The minimum atomic E-state index is -3.26. The Labute approximate surface area is 344 Å². The predicted molar refractivity (Wildman–Crippen MR) is 235 cm³/mol. The summed E-state index contributed by atoms with van der Waals surface area (Å²) in [5.41, 5.74) is -0.686. The fourth-order valence-corrected chi connectivity index (χ4v) is 17.7. The van der Waals surface area contributed by atoms with E-state index in [4.69, 9.17) is 23.2 Å². The van der Waals surface area contributed by atoms with Gasteiger partial charge in [-0.05, 0) is 37.7 Å². The summed E-state index contributed by atoms with van der Waals surface area (Å²) in [5, 5.41) is 5.38. The van der Waals surface area contributed by atoms with Gasteiger partial charge in [0.25, 0.3) is 22.2 Å². The molecule has 4 aromatic carbocycles. The molecule has 1 aliphatic heterocycles. The van der Waals surface area contributed by atoms with Crippen LogP contribution in [0.2, 0.25) is 10.1 Å². The highest BCUT2D eigenvalue weighted by Crippen LogP contribution is 2.43. The summed E-state index contributed by atoms with van der Waals surface area (Å²) in [5.74, 6) is 0. The molecule has 1 N–H and O–H groups in total. The quantitative estimate of drug-likeness (QED) is 0.0881. The lowest BCUT2D eigenvalue weighted by atomic mass is 10.1. The van der Waals surface area contributed by atoms with E-state index in [2.05, 4.69) is 144 Å². The van der Waals surface area contributed by atoms with Crippen LogP contribution in [0.1, 0.15) is 53.3 Å². The molecule has 1 saturated heterocycles. The lowest BCUT2D eigenvalue weighted by molar-refractivity contribution is -0.150. The summed E-state index contributed by atoms with van der Waals surface area (Å²) in [6, 6.07) is 41.9. The first-order chi connectivity index (χ1) is 27.6. The molecule has 58 heavy (non-hydrogen) atoms. The van der Waals surface area contributed by atoms with Gasteiger partial charge in [0.05, 0.1) is 19.8 Å². The third-order valence-electron chi connectivity index (χ3n) is 11.1. The fraction of sp³-hybridized carbons (Fsp3) is 0.391. The average Bonchev–Trinajstić information content (AvgIpc) is 3.53. The van der Waals surface area contributed by atoms with Crippen LogP contribution in [0.15, 0.2) is 137 Å². The zero-order valence-corrected chi connectivity index (χ0v) is 37.3. The summed E-state index contributed by atoms with van der Waals surface area (Å²) in [6.45, 7) is 15.7. The molecule has 2 heterocycles. The molecule has 0 radical (unpaired) electrons. The van der Waals surface area contributed by atoms with Gasteiger partial charge in [-0.15, -0.1) is 0 Å². The van der Waals surface area contributed by atoms with Crippen LogP contribution in [0.25, 0.3) is 0 Å². The molecule has 6 rings (SSSR count). The topological polar surface area (TPSA) is 104 Å². The molecule has 0 aliphatic carbocycles. The van der Waals surface area contributed by atoms with Crippen molar-refractivity contribution in [2.75, 3.05) is 33.9 Å². The van der Waals surface area contributed by atoms with Crippen LogP contribution in [-0.4, -0.2) is 83.5 Å². The number of benzene rings is 4. The van der Waals surface area contributed by atoms with E-state index in [9.17, 15) is 9.59 Å². The van der Waals surface area contributed by atoms with Gasteiger partial charge < -0.3 is 18.3 Å². The van der Waals surface area contributed by atoms with Crippen molar-refractivity contribution in [2.24, 2.45) is 0 Å². The van der Waals surface area contributed by atoms with E-state index in [-0.39, 0.29) is 29.9 Å². The molecule has 0 unspecified atom stereocenters. The first-order valence-corrected chi connectivity index (χ1v) is 23.8. The number of rotatable bonds is 15. The van der Waals surface area contributed by atoms with Gasteiger partial charge in [-0.2, -0.15) is 5.06 Å². The van der Waals surface area contributed by atoms with E-state index in [0.29, 0.717) is 5.56 Å². The Bertz CT molecular complexity index is 2110. The number of aromatic nitrogens is 2. The lowest BCUT2D eigenvalue weighted by Gasteiger charge is -2.46. The largest absolute Gasteiger partial charge is 0.405 e. The molecular formula is C46H59N3O7Si2. The van der Waals surface area contributed by atoms with Crippen molar-refractivity contribution >= 4 is 37.4 Å². The van der Waals surface area contributed by atoms with Crippen LogP contribution in [0.4, 0.5) is 0 Å². The number of aromatic amines is 1. The Balaban J connectivity index is 1.56. The van der Waals surface area contributed by atoms with Crippen molar-refractivity contribution in [3.8, 4) is 0 Å². The van der Waals surface area contributed by atoms with Crippen LogP contribution >= 0.6 is 0 Å². The maximum absolute atomic E-state index is 13.7. The van der Waals surface area contributed by atoms with Crippen LogP contribution in [-0.2, 0) is 23.2 Å². The number of ether oxygens (including phenoxy) is 2. The van der Waals surface area contributed by atoms with Crippen molar-refractivity contribution in [1.82, 2.24) is 14.6 Å². The number of hydrogen-bond donors (Lipinski definition) is 1. The minimum absolute atomic E-state index is 0.137. The van der Waals surface area contributed by atoms with Gasteiger partial charge in [-0.25, -0.2) is 4.79 Å². The molecule has 5 aromatic rings. The van der Waals surface area contributed by atoms with E-state index < -0.39 is 52.4 Å². The molecule has 308 valence electrons. The number of nitrogens with zero attached hydrogens (tertiary/aromatic N) is 2. The van der Waals surface area contributed by atoms with Gasteiger partial charge in [0.2, 0.25) is 0 Å². The van der Waals surface area contributed by atoms with Crippen LogP contribution in [0.5, 0.6) is 0 Å². The molecule has 0 amide bonds. The summed E-state index contributed by atoms with van der Waals surface area (Å²) < 4.78 is 30.8. The third-order valence-corrected chi connectivity index (χ3v) is 21.1. The van der Waals surface area contributed by atoms with Crippen molar-refractivity contribution in [3.63, 3.8) is 0 Å². The van der Waals surface area contributed by atoms with Gasteiger partial charge in [0.15, 0.2) is 6.23 Å². The Hall–Kier alpha value is -4.25. The van der Waals surface area contributed by atoms with Gasteiger partial charge in [0.1, 0.15) is 18.3 Å². The van der Waals surface area contributed by atoms with Crippen molar-refractivity contribution in [3.05, 3.63) is 154 Å². The Morgan fingerprint density at radius 2 is 1.12 bits per heavy atom. The number of hydrogen-bond acceptors (Lipinski definition) is 8. The summed E-state index contributed by atoms with van der Waals surface area (Å²) in [7, 11) is -2.69. The molecule has 12 heteroatoms. The van der Waals surface area contributed by atoms with Crippen LogP contribution < -0.4 is 32.0 Å². The second-order valence-corrected chi connectivity index (χ2v) is 25.8. The van der Waals surface area contributed by atoms with E-state index in [1.807, 2.05) is 38.4 Å². The van der Waals surface area contributed by atoms with E-state index in [1.54, 1.807) is 18.2 Å². The van der Waals surface area contributed by atoms with E-state index >= 15 is 0 Å². The number of hydroxylamine groups is 2. The second kappa shape index (κ2) is 17.9. The zero-order valence-electron chi connectivity index (χ0n) is 35.3. The van der Waals surface area contributed by atoms with Crippen LogP contribution in [0.3, 0.4) is 0 Å². The predicted octanol–water partition coefficient (Wildman–Crippen LogP) is 5.14.